The van der Waals surface area contributed by atoms with Crippen molar-refractivity contribution in [2.45, 2.75) is 44.7 Å². The summed E-state index contributed by atoms with van der Waals surface area (Å²) < 4.78 is 11.0. The Balaban J connectivity index is 2.57. The van der Waals surface area contributed by atoms with Crippen LogP contribution in [0.5, 0.6) is 0 Å². The standard InChI is InChI=1S/C9H18O4/c1-9(2)12-7(5-10)3-4-8(6-11)13-9/h7-8,10-11H,3-6H2,1-2H3/t7-,8-/m0/s1. The second kappa shape index (κ2) is 4.37. The summed E-state index contributed by atoms with van der Waals surface area (Å²) in [6.07, 6.45) is 1.11. The minimum absolute atomic E-state index is 0.00490. The van der Waals surface area contributed by atoms with Crippen molar-refractivity contribution in [2.24, 2.45) is 0 Å². The zero-order valence-electron chi connectivity index (χ0n) is 8.19. The highest BCUT2D eigenvalue weighted by atomic mass is 16.7. The van der Waals surface area contributed by atoms with E-state index < -0.39 is 5.79 Å². The third kappa shape index (κ3) is 3.23. The first-order valence-electron chi connectivity index (χ1n) is 4.65. The van der Waals surface area contributed by atoms with Crippen molar-refractivity contribution < 1.29 is 19.7 Å². The Morgan fingerprint density at radius 2 is 1.46 bits per heavy atom. The van der Waals surface area contributed by atoms with E-state index in [4.69, 9.17) is 19.7 Å². The van der Waals surface area contributed by atoms with Gasteiger partial charge in [-0.3, -0.25) is 0 Å². The molecule has 1 aliphatic rings. The molecule has 1 aliphatic heterocycles. The molecule has 0 radical (unpaired) electrons. The average Bonchev–Trinajstić information content (AvgIpc) is 2.23. The molecule has 0 amide bonds. The summed E-state index contributed by atoms with van der Waals surface area (Å²) in [6.45, 7) is 3.60. The average molecular weight is 190 g/mol. The van der Waals surface area contributed by atoms with Gasteiger partial charge in [0.05, 0.1) is 25.4 Å². The van der Waals surface area contributed by atoms with E-state index in [0.717, 1.165) is 12.8 Å². The van der Waals surface area contributed by atoms with Crippen molar-refractivity contribution in [3.05, 3.63) is 0 Å². The van der Waals surface area contributed by atoms with Gasteiger partial charge in [0.2, 0.25) is 0 Å². The molecule has 0 aromatic carbocycles. The van der Waals surface area contributed by atoms with Gasteiger partial charge in [0.15, 0.2) is 5.79 Å². The largest absolute Gasteiger partial charge is 0.394 e. The fourth-order valence-corrected chi connectivity index (χ4v) is 1.58. The third-order valence-electron chi connectivity index (χ3n) is 2.12. The molecule has 1 rings (SSSR count). The Morgan fingerprint density at radius 3 is 1.77 bits per heavy atom. The predicted molar refractivity (Wildman–Crippen MR) is 47.2 cm³/mol. The lowest BCUT2D eigenvalue weighted by molar-refractivity contribution is -0.249. The number of hydrogen-bond acceptors (Lipinski definition) is 4. The second-order valence-electron chi connectivity index (χ2n) is 3.82. The maximum Gasteiger partial charge on any atom is 0.163 e. The topological polar surface area (TPSA) is 58.9 Å². The number of hydrogen-bond donors (Lipinski definition) is 2. The molecule has 0 aromatic heterocycles. The molecular formula is C9H18O4. The summed E-state index contributed by atoms with van der Waals surface area (Å²) in [5, 5.41) is 17.9. The second-order valence-corrected chi connectivity index (χ2v) is 3.82. The van der Waals surface area contributed by atoms with Gasteiger partial charge in [0.1, 0.15) is 0 Å². The molecule has 1 saturated heterocycles. The van der Waals surface area contributed by atoms with Crippen LogP contribution in [0.1, 0.15) is 26.7 Å². The minimum atomic E-state index is -0.711. The summed E-state index contributed by atoms with van der Waals surface area (Å²) in [6, 6.07) is 0. The first-order chi connectivity index (χ1) is 6.07. The number of aliphatic hydroxyl groups excluding tert-OH is 2. The van der Waals surface area contributed by atoms with E-state index in [2.05, 4.69) is 0 Å². The first-order valence-corrected chi connectivity index (χ1v) is 4.65. The lowest BCUT2D eigenvalue weighted by Crippen LogP contribution is -2.35. The summed E-state index contributed by atoms with van der Waals surface area (Å²) in [4.78, 5) is 0. The molecule has 4 heteroatoms. The van der Waals surface area contributed by atoms with Crippen LogP contribution in [0.25, 0.3) is 0 Å². The van der Waals surface area contributed by atoms with E-state index in [1.165, 1.54) is 0 Å². The Kier molecular flexibility index (Phi) is 3.67. The summed E-state index contributed by atoms with van der Waals surface area (Å²) in [5.74, 6) is -0.711. The third-order valence-corrected chi connectivity index (χ3v) is 2.12. The van der Waals surface area contributed by atoms with E-state index in [1.54, 1.807) is 13.8 Å². The van der Waals surface area contributed by atoms with Gasteiger partial charge in [-0.15, -0.1) is 0 Å². The van der Waals surface area contributed by atoms with Crippen LogP contribution in [0.4, 0.5) is 0 Å². The Morgan fingerprint density at radius 1 is 1.08 bits per heavy atom. The highest BCUT2D eigenvalue weighted by Crippen LogP contribution is 2.25. The molecule has 2 atom stereocenters. The lowest BCUT2D eigenvalue weighted by Gasteiger charge is -2.28. The zero-order valence-corrected chi connectivity index (χ0v) is 8.19. The molecule has 0 bridgehead atoms. The van der Waals surface area contributed by atoms with Crippen LogP contribution in [0.15, 0.2) is 0 Å². The molecule has 4 nitrogen and oxygen atoms in total. The van der Waals surface area contributed by atoms with Crippen LogP contribution < -0.4 is 0 Å². The zero-order chi connectivity index (χ0) is 9.90. The van der Waals surface area contributed by atoms with Crippen LogP contribution in [0.2, 0.25) is 0 Å². The van der Waals surface area contributed by atoms with Crippen LogP contribution in [-0.4, -0.2) is 41.4 Å². The number of rotatable bonds is 2. The van der Waals surface area contributed by atoms with Crippen molar-refractivity contribution in [2.75, 3.05) is 13.2 Å². The van der Waals surface area contributed by atoms with Crippen LogP contribution in [-0.2, 0) is 9.47 Å². The maximum absolute atomic E-state index is 8.96. The smallest absolute Gasteiger partial charge is 0.163 e. The maximum atomic E-state index is 8.96. The Labute approximate surface area is 78.5 Å². The van der Waals surface area contributed by atoms with E-state index in [0.29, 0.717) is 0 Å². The molecule has 0 aliphatic carbocycles. The van der Waals surface area contributed by atoms with Crippen LogP contribution in [0.3, 0.4) is 0 Å². The molecule has 13 heavy (non-hydrogen) atoms. The summed E-state index contributed by atoms with van der Waals surface area (Å²) in [7, 11) is 0. The number of ether oxygens (including phenoxy) is 2. The van der Waals surface area contributed by atoms with Crippen molar-refractivity contribution in [3.8, 4) is 0 Å². The molecule has 78 valence electrons. The van der Waals surface area contributed by atoms with Crippen molar-refractivity contribution in [1.82, 2.24) is 0 Å². The molecule has 0 spiro atoms. The summed E-state index contributed by atoms with van der Waals surface area (Å²) in [5.41, 5.74) is 0. The Hall–Kier alpha value is -0.160. The van der Waals surface area contributed by atoms with Gasteiger partial charge in [0, 0.05) is 0 Å². The van der Waals surface area contributed by atoms with E-state index in [1.807, 2.05) is 0 Å². The van der Waals surface area contributed by atoms with Gasteiger partial charge in [-0.2, -0.15) is 0 Å². The quantitative estimate of drug-likeness (QED) is 0.656. The van der Waals surface area contributed by atoms with Gasteiger partial charge in [-0.25, -0.2) is 0 Å². The van der Waals surface area contributed by atoms with Gasteiger partial charge in [0.25, 0.3) is 0 Å². The molecule has 1 heterocycles. The van der Waals surface area contributed by atoms with Crippen molar-refractivity contribution >= 4 is 0 Å². The SMILES string of the molecule is CC1(C)O[C@H](CO)CC[C@@H](CO)O1. The monoisotopic (exact) mass is 190 g/mol. The fraction of sp³-hybridized carbons (Fsp3) is 1.00. The minimum Gasteiger partial charge on any atom is -0.394 e. The van der Waals surface area contributed by atoms with Gasteiger partial charge in [-0.1, -0.05) is 0 Å². The van der Waals surface area contributed by atoms with Gasteiger partial charge < -0.3 is 19.7 Å². The van der Waals surface area contributed by atoms with Gasteiger partial charge >= 0.3 is 0 Å². The fourth-order valence-electron chi connectivity index (χ4n) is 1.58. The Bertz CT molecular complexity index is 142. The normalized spacial score (nSPS) is 34.2. The van der Waals surface area contributed by atoms with Crippen LogP contribution >= 0.6 is 0 Å². The first kappa shape index (κ1) is 10.9. The molecular weight excluding hydrogens is 172 g/mol. The molecule has 0 unspecified atom stereocenters. The van der Waals surface area contributed by atoms with E-state index in [9.17, 15) is 0 Å². The predicted octanol–water partition coefficient (Wildman–Crippen LogP) is 0.271. The highest BCUT2D eigenvalue weighted by Gasteiger charge is 2.31. The van der Waals surface area contributed by atoms with Crippen molar-refractivity contribution in [1.29, 1.82) is 0 Å². The summed E-state index contributed by atoms with van der Waals surface area (Å²) >= 11 is 0. The van der Waals surface area contributed by atoms with Crippen LogP contribution in [0, 0.1) is 0 Å². The van der Waals surface area contributed by atoms with Crippen molar-refractivity contribution in [3.63, 3.8) is 0 Å². The molecule has 2 N–H and O–H groups in total. The van der Waals surface area contributed by atoms with E-state index in [-0.39, 0.29) is 25.4 Å². The number of aliphatic hydroxyl groups is 2. The van der Waals surface area contributed by atoms with E-state index >= 15 is 0 Å². The lowest BCUT2D eigenvalue weighted by atomic mass is 10.1. The van der Waals surface area contributed by atoms with Gasteiger partial charge in [-0.05, 0) is 26.7 Å². The molecule has 0 saturated carbocycles. The highest BCUT2D eigenvalue weighted by molar-refractivity contribution is 4.72. The molecule has 1 fully saturated rings. The molecule has 0 aromatic rings.